The maximum Gasteiger partial charge on any atom is 0.0474 e. The third kappa shape index (κ3) is 3.37. The van der Waals surface area contributed by atoms with Crippen LogP contribution >= 0.6 is 0 Å². The molecule has 1 heterocycles. The lowest BCUT2D eigenvalue weighted by Gasteiger charge is -2.41. The van der Waals surface area contributed by atoms with E-state index in [4.69, 9.17) is 0 Å². The van der Waals surface area contributed by atoms with Crippen molar-refractivity contribution in [3.8, 4) is 0 Å². The molecule has 0 radical (unpaired) electrons. The first-order valence-electron chi connectivity index (χ1n) is 8.99. The van der Waals surface area contributed by atoms with Crippen LogP contribution in [0.2, 0.25) is 0 Å². The molecular weight excluding hydrogens is 248 g/mol. The van der Waals surface area contributed by atoms with Gasteiger partial charge in [0.25, 0.3) is 0 Å². The molecule has 116 valence electrons. The smallest absolute Gasteiger partial charge is 0.0474 e. The maximum absolute atomic E-state index is 9.62. The zero-order chi connectivity index (χ0) is 13.8. The Morgan fingerprint density at radius 3 is 2.35 bits per heavy atom. The predicted molar refractivity (Wildman–Crippen MR) is 82.7 cm³/mol. The lowest BCUT2D eigenvalue weighted by molar-refractivity contribution is 0.120. The number of hydrogen-bond acceptors (Lipinski definition) is 3. The molecule has 0 bridgehead atoms. The predicted octanol–water partition coefficient (Wildman–Crippen LogP) is 2.44. The molecule has 20 heavy (non-hydrogen) atoms. The molecule has 1 saturated heterocycles. The Kier molecular flexibility index (Phi) is 5.36. The van der Waals surface area contributed by atoms with Crippen molar-refractivity contribution in [2.45, 2.75) is 82.3 Å². The molecule has 3 rings (SSSR count). The first kappa shape index (κ1) is 14.8. The Bertz CT molecular complexity index is 291. The molecule has 5 atom stereocenters. The van der Waals surface area contributed by atoms with E-state index >= 15 is 0 Å². The lowest BCUT2D eigenvalue weighted by Crippen LogP contribution is -2.53. The Labute approximate surface area is 123 Å². The summed E-state index contributed by atoms with van der Waals surface area (Å²) in [6, 6.07) is 2.02. The van der Waals surface area contributed by atoms with E-state index in [-0.39, 0.29) is 0 Å². The molecule has 3 fully saturated rings. The van der Waals surface area contributed by atoms with Crippen molar-refractivity contribution in [2.75, 3.05) is 13.2 Å². The minimum absolute atomic E-state index is 0.372. The fourth-order valence-electron chi connectivity index (χ4n) is 4.85. The minimum atomic E-state index is 0.372. The Morgan fingerprint density at radius 2 is 1.60 bits per heavy atom. The third-order valence-electron chi connectivity index (χ3n) is 6.01. The zero-order valence-electron chi connectivity index (χ0n) is 12.8. The van der Waals surface area contributed by atoms with Gasteiger partial charge in [0.2, 0.25) is 0 Å². The summed E-state index contributed by atoms with van der Waals surface area (Å²) in [5.41, 5.74) is 0. The van der Waals surface area contributed by atoms with Crippen molar-refractivity contribution in [2.24, 2.45) is 11.8 Å². The summed E-state index contributed by atoms with van der Waals surface area (Å²) >= 11 is 0. The first-order chi connectivity index (χ1) is 9.88. The molecule has 0 spiro atoms. The number of aliphatic hydroxyl groups excluding tert-OH is 1. The van der Waals surface area contributed by atoms with Gasteiger partial charge in [-0.05, 0) is 56.9 Å². The van der Waals surface area contributed by atoms with Crippen LogP contribution in [0.1, 0.15) is 64.2 Å². The van der Waals surface area contributed by atoms with Crippen molar-refractivity contribution >= 4 is 0 Å². The van der Waals surface area contributed by atoms with E-state index in [0.29, 0.717) is 24.6 Å². The molecule has 2 aliphatic carbocycles. The molecule has 0 amide bonds. The molecule has 3 nitrogen and oxygen atoms in total. The topological polar surface area (TPSA) is 44.3 Å². The maximum atomic E-state index is 9.62. The quantitative estimate of drug-likeness (QED) is 0.741. The SMILES string of the molecule is OCC1CCCCC1NC1CCCCC1C1CCCN1. The Balaban J connectivity index is 1.60. The number of rotatable bonds is 4. The highest BCUT2D eigenvalue weighted by molar-refractivity contribution is 4.94. The average molecular weight is 280 g/mol. The summed E-state index contributed by atoms with van der Waals surface area (Å²) in [5.74, 6) is 1.33. The van der Waals surface area contributed by atoms with Gasteiger partial charge in [0.1, 0.15) is 0 Å². The molecule has 0 aromatic carbocycles. The van der Waals surface area contributed by atoms with Crippen LogP contribution in [0.3, 0.4) is 0 Å². The van der Waals surface area contributed by atoms with Crippen LogP contribution in [-0.4, -0.2) is 36.4 Å². The van der Waals surface area contributed by atoms with E-state index < -0.39 is 0 Å². The summed E-state index contributed by atoms with van der Waals surface area (Å²) in [6.07, 6.45) is 13.4. The highest BCUT2D eigenvalue weighted by Crippen LogP contribution is 2.33. The summed E-state index contributed by atoms with van der Waals surface area (Å²) in [6.45, 7) is 1.59. The Hall–Kier alpha value is -0.120. The zero-order valence-corrected chi connectivity index (χ0v) is 12.8. The van der Waals surface area contributed by atoms with Crippen LogP contribution in [-0.2, 0) is 0 Å². The normalized spacial score (nSPS) is 42.8. The van der Waals surface area contributed by atoms with Crippen LogP contribution in [0, 0.1) is 11.8 Å². The van der Waals surface area contributed by atoms with Gasteiger partial charge >= 0.3 is 0 Å². The van der Waals surface area contributed by atoms with Crippen molar-refractivity contribution in [3.05, 3.63) is 0 Å². The van der Waals surface area contributed by atoms with Gasteiger partial charge in [0.05, 0.1) is 0 Å². The van der Waals surface area contributed by atoms with Crippen LogP contribution in [0.15, 0.2) is 0 Å². The lowest BCUT2D eigenvalue weighted by atomic mass is 9.77. The number of hydrogen-bond donors (Lipinski definition) is 3. The standard InChI is InChI=1S/C17H32N2O/c20-12-13-6-1-3-8-15(13)19-17-9-4-2-7-14(17)16-10-5-11-18-16/h13-20H,1-12H2. The second-order valence-corrected chi connectivity index (χ2v) is 7.26. The van der Waals surface area contributed by atoms with Gasteiger partial charge in [-0.2, -0.15) is 0 Å². The van der Waals surface area contributed by atoms with Gasteiger partial charge in [-0.3, -0.25) is 0 Å². The van der Waals surface area contributed by atoms with Gasteiger partial charge in [-0.25, -0.2) is 0 Å². The Morgan fingerprint density at radius 1 is 0.850 bits per heavy atom. The van der Waals surface area contributed by atoms with Crippen LogP contribution in [0.4, 0.5) is 0 Å². The summed E-state index contributed by atoms with van der Waals surface area (Å²) in [7, 11) is 0. The van der Waals surface area contributed by atoms with Gasteiger partial charge in [0.15, 0.2) is 0 Å². The molecule has 3 heteroatoms. The highest BCUT2D eigenvalue weighted by atomic mass is 16.3. The van der Waals surface area contributed by atoms with E-state index in [1.165, 1.54) is 70.8 Å². The van der Waals surface area contributed by atoms with Crippen molar-refractivity contribution in [3.63, 3.8) is 0 Å². The second kappa shape index (κ2) is 7.24. The average Bonchev–Trinajstić information content (AvgIpc) is 3.02. The van der Waals surface area contributed by atoms with E-state index in [0.717, 1.165) is 12.0 Å². The van der Waals surface area contributed by atoms with E-state index in [2.05, 4.69) is 10.6 Å². The number of aliphatic hydroxyl groups is 1. The largest absolute Gasteiger partial charge is 0.396 e. The molecule has 3 N–H and O–H groups in total. The molecule has 0 aromatic heterocycles. The fraction of sp³-hybridized carbons (Fsp3) is 1.00. The molecular formula is C17H32N2O. The fourth-order valence-corrected chi connectivity index (χ4v) is 4.85. The monoisotopic (exact) mass is 280 g/mol. The second-order valence-electron chi connectivity index (χ2n) is 7.26. The summed E-state index contributed by atoms with van der Waals surface area (Å²) < 4.78 is 0. The van der Waals surface area contributed by atoms with Crippen molar-refractivity contribution in [1.29, 1.82) is 0 Å². The summed E-state index contributed by atoms with van der Waals surface area (Å²) in [5, 5.41) is 17.3. The van der Waals surface area contributed by atoms with Gasteiger partial charge in [0, 0.05) is 24.7 Å². The molecule has 5 unspecified atom stereocenters. The van der Waals surface area contributed by atoms with Crippen LogP contribution < -0.4 is 10.6 Å². The molecule has 0 aromatic rings. The minimum Gasteiger partial charge on any atom is -0.396 e. The summed E-state index contributed by atoms with van der Waals surface area (Å²) in [4.78, 5) is 0. The van der Waals surface area contributed by atoms with Crippen molar-refractivity contribution < 1.29 is 5.11 Å². The molecule has 1 aliphatic heterocycles. The van der Waals surface area contributed by atoms with Crippen LogP contribution in [0.25, 0.3) is 0 Å². The van der Waals surface area contributed by atoms with Crippen LogP contribution in [0.5, 0.6) is 0 Å². The molecule has 3 aliphatic rings. The van der Waals surface area contributed by atoms with Crippen molar-refractivity contribution in [1.82, 2.24) is 10.6 Å². The number of nitrogens with one attached hydrogen (secondary N) is 2. The van der Waals surface area contributed by atoms with E-state index in [1.807, 2.05) is 0 Å². The van der Waals surface area contributed by atoms with Gasteiger partial charge in [-0.1, -0.05) is 25.7 Å². The highest BCUT2D eigenvalue weighted by Gasteiger charge is 2.35. The van der Waals surface area contributed by atoms with Gasteiger partial charge in [-0.15, -0.1) is 0 Å². The van der Waals surface area contributed by atoms with Gasteiger partial charge < -0.3 is 15.7 Å². The van der Waals surface area contributed by atoms with E-state index in [9.17, 15) is 5.11 Å². The van der Waals surface area contributed by atoms with E-state index in [1.54, 1.807) is 0 Å². The third-order valence-corrected chi connectivity index (χ3v) is 6.01. The first-order valence-corrected chi connectivity index (χ1v) is 8.99. The molecule has 2 saturated carbocycles.